The molecule has 132 valence electrons. The molecule has 0 aromatic heterocycles. The number of hydrogen-bond donors (Lipinski definition) is 0. The van der Waals surface area contributed by atoms with Crippen molar-refractivity contribution in [3.8, 4) is 0 Å². The number of aryl methyl sites for hydroxylation is 1. The molecule has 1 nitrogen and oxygen atoms in total. The van der Waals surface area contributed by atoms with Crippen molar-refractivity contribution >= 4 is 17.3 Å². The van der Waals surface area contributed by atoms with Crippen LogP contribution in [0, 0.1) is 6.92 Å². The van der Waals surface area contributed by atoms with Crippen LogP contribution in [-0.4, -0.2) is 30.7 Å². The van der Waals surface area contributed by atoms with E-state index in [1.165, 1.54) is 62.7 Å². The molecule has 0 spiro atoms. The summed E-state index contributed by atoms with van der Waals surface area (Å²) in [5, 5.41) is 0. The first-order chi connectivity index (χ1) is 12.1. The van der Waals surface area contributed by atoms with Crippen LogP contribution in [0.25, 0.3) is 5.57 Å². The van der Waals surface area contributed by atoms with E-state index in [-0.39, 0.29) is 0 Å². The summed E-state index contributed by atoms with van der Waals surface area (Å²) < 4.78 is 1.21. The highest BCUT2D eigenvalue weighted by atomic mass is 32.2. The summed E-state index contributed by atoms with van der Waals surface area (Å²) in [6, 6.07) is 15.7. The zero-order valence-electron chi connectivity index (χ0n) is 16.0. The number of hydrogen-bond acceptors (Lipinski definition) is 1. The van der Waals surface area contributed by atoms with Crippen LogP contribution in [0.1, 0.15) is 43.9 Å². The van der Waals surface area contributed by atoms with Gasteiger partial charge in [0.05, 0.1) is 26.2 Å². The van der Waals surface area contributed by atoms with E-state index in [4.69, 9.17) is 0 Å². The van der Waals surface area contributed by atoms with Gasteiger partial charge in [0.2, 0.25) is 0 Å². The van der Waals surface area contributed by atoms with Gasteiger partial charge in [0, 0.05) is 16.2 Å². The van der Waals surface area contributed by atoms with Crippen molar-refractivity contribution in [3.05, 3.63) is 65.2 Å². The van der Waals surface area contributed by atoms with E-state index in [9.17, 15) is 0 Å². The van der Waals surface area contributed by atoms with Gasteiger partial charge in [-0.05, 0) is 56.5 Å². The van der Waals surface area contributed by atoms with E-state index in [0.29, 0.717) is 0 Å². The summed E-state index contributed by atoms with van der Waals surface area (Å²) in [6.07, 6.45) is 3.63. The second-order valence-corrected chi connectivity index (χ2v) is 8.10. The van der Waals surface area contributed by atoms with Gasteiger partial charge in [-0.1, -0.05) is 53.7 Å². The molecule has 0 radical (unpaired) electrons. The lowest BCUT2D eigenvalue weighted by Gasteiger charge is -2.35. The van der Waals surface area contributed by atoms with Crippen molar-refractivity contribution in [3.63, 3.8) is 0 Å². The van der Waals surface area contributed by atoms with Crippen LogP contribution in [0.4, 0.5) is 0 Å². The second-order valence-electron chi connectivity index (χ2n) is 7.02. The lowest BCUT2D eigenvalue weighted by molar-refractivity contribution is -0.922. The molecule has 0 fully saturated rings. The molecule has 0 amide bonds. The van der Waals surface area contributed by atoms with Crippen molar-refractivity contribution in [2.24, 2.45) is 0 Å². The highest BCUT2D eigenvalue weighted by Gasteiger charge is 2.22. The Labute approximate surface area is 157 Å². The third kappa shape index (κ3) is 3.70. The van der Waals surface area contributed by atoms with Gasteiger partial charge in [-0.15, -0.1) is 0 Å². The van der Waals surface area contributed by atoms with Crippen molar-refractivity contribution in [1.29, 1.82) is 0 Å². The SMILES string of the molecule is CC[N+](CC)(CC)CC/C=C1\c2ccccc2Sc2ccc(C)cc21. The summed E-state index contributed by atoms with van der Waals surface area (Å²) >= 11 is 1.90. The Hall–Kier alpha value is -1.51. The van der Waals surface area contributed by atoms with Crippen molar-refractivity contribution in [1.82, 2.24) is 0 Å². The standard InChI is InChI=1S/C23H30NS/c1-5-24(6-2,7-3)16-10-12-19-20-11-8-9-13-22(20)25-23-15-14-18(4)17-21(19)23/h8-9,11-15,17H,5-7,10,16H2,1-4H3/q+1/b19-12+. The summed E-state index contributed by atoms with van der Waals surface area (Å²) in [4.78, 5) is 2.77. The van der Waals surface area contributed by atoms with E-state index in [1.807, 2.05) is 11.8 Å². The van der Waals surface area contributed by atoms with Crippen LogP contribution in [-0.2, 0) is 0 Å². The van der Waals surface area contributed by atoms with E-state index >= 15 is 0 Å². The average molecular weight is 353 g/mol. The minimum atomic E-state index is 1.14. The molecule has 0 aliphatic carbocycles. The summed E-state index contributed by atoms with van der Waals surface area (Å²) in [5.41, 5.74) is 5.57. The lowest BCUT2D eigenvalue weighted by atomic mass is 9.95. The molecule has 2 aromatic rings. The van der Waals surface area contributed by atoms with Gasteiger partial charge in [-0.25, -0.2) is 0 Å². The van der Waals surface area contributed by atoms with E-state index < -0.39 is 0 Å². The zero-order chi connectivity index (χ0) is 17.9. The average Bonchev–Trinajstić information content (AvgIpc) is 2.65. The minimum Gasteiger partial charge on any atom is -0.324 e. The Morgan fingerprint density at radius 1 is 0.880 bits per heavy atom. The van der Waals surface area contributed by atoms with Gasteiger partial charge in [0.15, 0.2) is 0 Å². The third-order valence-corrected chi connectivity index (χ3v) is 6.94. The zero-order valence-corrected chi connectivity index (χ0v) is 16.8. The Morgan fingerprint density at radius 3 is 2.28 bits per heavy atom. The first kappa shape index (κ1) is 18.3. The predicted octanol–water partition coefficient (Wildman–Crippen LogP) is 6.16. The van der Waals surface area contributed by atoms with Crippen molar-refractivity contribution in [2.75, 3.05) is 26.2 Å². The fraction of sp³-hybridized carbons (Fsp3) is 0.391. The number of nitrogens with zero attached hydrogens (tertiary/aromatic N) is 1. The number of fused-ring (bicyclic) bond motifs is 2. The van der Waals surface area contributed by atoms with Crippen LogP contribution >= 0.6 is 11.8 Å². The first-order valence-corrected chi connectivity index (χ1v) is 10.4. The monoisotopic (exact) mass is 352 g/mol. The maximum Gasteiger partial charge on any atom is 0.0821 e. The van der Waals surface area contributed by atoms with Crippen LogP contribution in [0.15, 0.2) is 58.3 Å². The molecule has 25 heavy (non-hydrogen) atoms. The normalized spacial score (nSPS) is 15.1. The molecular formula is C23H30NS+. The largest absolute Gasteiger partial charge is 0.324 e. The third-order valence-electron chi connectivity index (χ3n) is 5.79. The summed E-state index contributed by atoms with van der Waals surface area (Å²) in [5.74, 6) is 0. The Kier molecular flexibility index (Phi) is 5.71. The molecule has 0 atom stereocenters. The molecule has 0 N–H and O–H groups in total. The van der Waals surface area contributed by atoms with E-state index in [2.05, 4.69) is 76.2 Å². The highest BCUT2D eigenvalue weighted by molar-refractivity contribution is 7.99. The molecule has 3 rings (SSSR count). The first-order valence-electron chi connectivity index (χ1n) is 9.56. The van der Waals surface area contributed by atoms with Gasteiger partial charge < -0.3 is 4.48 Å². The molecule has 0 bridgehead atoms. The summed E-state index contributed by atoms with van der Waals surface area (Å²) in [6.45, 7) is 14.1. The van der Waals surface area contributed by atoms with Gasteiger partial charge in [0.25, 0.3) is 0 Å². The number of benzene rings is 2. The smallest absolute Gasteiger partial charge is 0.0821 e. The van der Waals surface area contributed by atoms with Crippen LogP contribution in [0.3, 0.4) is 0 Å². The van der Waals surface area contributed by atoms with Gasteiger partial charge in [-0.2, -0.15) is 0 Å². The van der Waals surface area contributed by atoms with Crippen molar-refractivity contribution < 1.29 is 4.48 Å². The van der Waals surface area contributed by atoms with Gasteiger partial charge in [-0.3, -0.25) is 0 Å². The minimum absolute atomic E-state index is 1.14. The fourth-order valence-corrected chi connectivity index (χ4v) is 4.92. The molecule has 2 heteroatoms. The molecular weight excluding hydrogens is 322 g/mol. The Morgan fingerprint density at radius 2 is 1.56 bits per heavy atom. The van der Waals surface area contributed by atoms with Crippen LogP contribution in [0.2, 0.25) is 0 Å². The Bertz CT molecular complexity index is 763. The number of rotatable bonds is 6. The van der Waals surface area contributed by atoms with Gasteiger partial charge in [0.1, 0.15) is 0 Å². The maximum atomic E-state index is 2.49. The molecule has 1 aliphatic heterocycles. The summed E-state index contributed by atoms with van der Waals surface area (Å²) in [7, 11) is 0. The number of quaternary nitrogens is 1. The molecule has 0 saturated carbocycles. The lowest BCUT2D eigenvalue weighted by Crippen LogP contribution is -2.48. The second kappa shape index (κ2) is 7.80. The predicted molar refractivity (Wildman–Crippen MR) is 110 cm³/mol. The Balaban J connectivity index is 1.96. The molecule has 0 saturated heterocycles. The van der Waals surface area contributed by atoms with E-state index in [1.54, 1.807) is 0 Å². The molecule has 2 aromatic carbocycles. The van der Waals surface area contributed by atoms with Crippen LogP contribution in [0.5, 0.6) is 0 Å². The fourth-order valence-electron chi connectivity index (χ4n) is 3.83. The highest BCUT2D eigenvalue weighted by Crippen LogP contribution is 2.45. The van der Waals surface area contributed by atoms with Gasteiger partial charge >= 0.3 is 0 Å². The maximum absolute atomic E-state index is 2.49. The topological polar surface area (TPSA) is 0 Å². The molecule has 1 heterocycles. The molecule has 0 unspecified atom stereocenters. The molecule has 1 aliphatic rings. The van der Waals surface area contributed by atoms with Crippen LogP contribution < -0.4 is 0 Å². The van der Waals surface area contributed by atoms with E-state index in [0.717, 1.165) is 6.42 Å². The van der Waals surface area contributed by atoms with Crippen molar-refractivity contribution in [2.45, 2.75) is 43.9 Å². The quantitative estimate of drug-likeness (QED) is 0.479.